The minimum Gasteiger partial charge on any atom is -0.344 e. The van der Waals surface area contributed by atoms with Gasteiger partial charge < -0.3 is 6.15 Å². The van der Waals surface area contributed by atoms with Gasteiger partial charge in [0, 0.05) is 5.56 Å². The van der Waals surface area contributed by atoms with Crippen molar-refractivity contribution in [3.05, 3.63) is 75.6 Å². The molecule has 3 N–H and O–H groups in total. The molecule has 0 aromatic heterocycles. The summed E-state index contributed by atoms with van der Waals surface area (Å²) in [5, 5.41) is 10.8. The Morgan fingerprint density at radius 2 is 1.68 bits per heavy atom. The molecule has 0 fully saturated rings. The first-order chi connectivity index (χ1) is 8.61. The minimum absolute atomic E-state index is 0. The van der Waals surface area contributed by atoms with Gasteiger partial charge in [-0.3, -0.25) is 14.9 Å². The van der Waals surface area contributed by atoms with Gasteiger partial charge in [0.1, 0.15) is 5.56 Å². The molecule has 2 aromatic rings. The standard InChI is InChI=1S/C13H8FNO3.H3N/c14-11-8-4-7-10(12(11)15(17)18)13(16)9-5-2-1-3-6-9;/h1-8H;1H3. The highest BCUT2D eigenvalue weighted by Crippen LogP contribution is 2.24. The molecule has 0 saturated heterocycles. The number of hydrogen-bond acceptors (Lipinski definition) is 4. The van der Waals surface area contributed by atoms with E-state index in [1.54, 1.807) is 18.2 Å². The number of rotatable bonds is 3. The SMILES string of the molecule is N.O=C(c1ccccc1)c1cccc(F)c1[N+](=O)[O-]. The van der Waals surface area contributed by atoms with Crippen LogP contribution in [-0.4, -0.2) is 10.7 Å². The maximum atomic E-state index is 13.4. The van der Waals surface area contributed by atoms with Crippen molar-refractivity contribution in [2.45, 2.75) is 0 Å². The second kappa shape index (κ2) is 5.83. The van der Waals surface area contributed by atoms with Gasteiger partial charge in [-0.2, -0.15) is 4.39 Å². The number of carbonyl (C=O) groups is 1. The Morgan fingerprint density at radius 3 is 2.26 bits per heavy atom. The van der Waals surface area contributed by atoms with Crippen molar-refractivity contribution in [2.75, 3.05) is 0 Å². The first-order valence-electron chi connectivity index (χ1n) is 5.14. The summed E-state index contributed by atoms with van der Waals surface area (Å²) >= 11 is 0. The number of para-hydroxylation sites is 1. The van der Waals surface area contributed by atoms with E-state index in [2.05, 4.69) is 0 Å². The molecule has 19 heavy (non-hydrogen) atoms. The molecule has 0 bridgehead atoms. The van der Waals surface area contributed by atoms with E-state index in [0.29, 0.717) is 0 Å². The monoisotopic (exact) mass is 262 g/mol. The Morgan fingerprint density at radius 1 is 1.05 bits per heavy atom. The Balaban J connectivity index is 0.00000180. The van der Waals surface area contributed by atoms with Gasteiger partial charge in [0.05, 0.1) is 4.92 Å². The number of nitro benzene ring substituents is 1. The second-order valence-corrected chi connectivity index (χ2v) is 3.59. The Bertz CT molecular complexity index is 615. The van der Waals surface area contributed by atoms with Gasteiger partial charge in [-0.15, -0.1) is 0 Å². The average Bonchev–Trinajstić information content (AvgIpc) is 2.38. The molecule has 2 aromatic carbocycles. The largest absolute Gasteiger partial charge is 0.344 e. The van der Waals surface area contributed by atoms with Crippen LogP contribution in [0.15, 0.2) is 48.5 Å². The first-order valence-corrected chi connectivity index (χ1v) is 5.14. The summed E-state index contributed by atoms with van der Waals surface area (Å²) in [5.41, 5.74) is -0.747. The lowest BCUT2D eigenvalue weighted by atomic mass is 10.0. The molecule has 5 nitrogen and oxygen atoms in total. The van der Waals surface area contributed by atoms with E-state index in [-0.39, 0.29) is 17.3 Å². The average molecular weight is 262 g/mol. The summed E-state index contributed by atoms with van der Waals surface area (Å²) in [6.45, 7) is 0. The van der Waals surface area contributed by atoms with E-state index in [1.807, 2.05) is 0 Å². The molecular formula is C13H11FN2O3. The third kappa shape index (κ3) is 2.80. The summed E-state index contributed by atoms with van der Waals surface area (Å²) < 4.78 is 13.4. The second-order valence-electron chi connectivity index (χ2n) is 3.59. The lowest BCUT2D eigenvalue weighted by Gasteiger charge is -2.02. The number of benzene rings is 2. The molecule has 0 unspecified atom stereocenters. The number of carbonyl (C=O) groups excluding carboxylic acids is 1. The van der Waals surface area contributed by atoms with Crippen LogP contribution in [0, 0.1) is 15.9 Å². The van der Waals surface area contributed by atoms with Crippen molar-refractivity contribution < 1.29 is 14.1 Å². The van der Waals surface area contributed by atoms with Crippen molar-refractivity contribution in [3.63, 3.8) is 0 Å². The van der Waals surface area contributed by atoms with Crippen LogP contribution in [0.1, 0.15) is 15.9 Å². The van der Waals surface area contributed by atoms with Gasteiger partial charge in [-0.1, -0.05) is 36.4 Å². The molecule has 0 aliphatic rings. The zero-order chi connectivity index (χ0) is 13.1. The van der Waals surface area contributed by atoms with E-state index in [9.17, 15) is 19.3 Å². The van der Waals surface area contributed by atoms with Crippen molar-refractivity contribution in [1.29, 1.82) is 0 Å². The van der Waals surface area contributed by atoms with Gasteiger partial charge in [0.25, 0.3) is 0 Å². The highest BCUT2D eigenvalue weighted by molar-refractivity contribution is 6.11. The summed E-state index contributed by atoms with van der Waals surface area (Å²) in [6.07, 6.45) is 0. The molecule has 0 amide bonds. The number of hydrogen-bond donors (Lipinski definition) is 1. The maximum Gasteiger partial charge on any atom is 0.315 e. The zero-order valence-corrected chi connectivity index (χ0v) is 9.88. The van der Waals surface area contributed by atoms with E-state index < -0.39 is 22.2 Å². The molecule has 0 atom stereocenters. The van der Waals surface area contributed by atoms with Crippen LogP contribution in [0.25, 0.3) is 0 Å². The van der Waals surface area contributed by atoms with Crippen molar-refractivity contribution in [2.24, 2.45) is 0 Å². The van der Waals surface area contributed by atoms with Gasteiger partial charge in [-0.25, -0.2) is 0 Å². The third-order valence-corrected chi connectivity index (χ3v) is 2.45. The molecule has 0 aliphatic heterocycles. The maximum absolute atomic E-state index is 13.4. The van der Waals surface area contributed by atoms with Gasteiger partial charge in [-0.05, 0) is 12.1 Å². The summed E-state index contributed by atoms with van der Waals surface area (Å²) in [6, 6.07) is 11.5. The van der Waals surface area contributed by atoms with Crippen molar-refractivity contribution in [1.82, 2.24) is 6.15 Å². The fraction of sp³-hybridized carbons (Fsp3) is 0. The van der Waals surface area contributed by atoms with Crippen molar-refractivity contribution >= 4 is 11.5 Å². The number of nitrogens with zero attached hydrogens (tertiary/aromatic N) is 1. The predicted octanol–water partition coefficient (Wildman–Crippen LogP) is 3.13. The fourth-order valence-corrected chi connectivity index (χ4v) is 1.63. The lowest BCUT2D eigenvalue weighted by Crippen LogP contribution is -2.06. The highest BCUT2D eigenvalue weighted by Gasteiger charge is 2.25. The minimum atomic E-state index is -1.01. The topological polar surface area (TPSA) is 95.2 Å². The van der Waals surface area contributed by atoms with Gasteiger partial charge in [0.15, 0.2) is 5.78 Å². The van der Waals surface area contributed by atoms with Crippen LogP contribution < -0.4 is 6.15 Å². The number of nitro groups is 1. The Kier molecular flexibility index (Phi) is 4.44. The quantitative estimate of drug-likeness (QED) is 0.522. The molecule has 98 valence electrons. The normalized spacial score (nSPS) is 9.53. The van der Waals surface area contributed by atoms with Crippen LogP contribution in [0.4, 0.5) is 10.1 Å². The summed E-state index contributed by atoms with van der Waals surface area (Å²) in [4.78, 5) is 22.0. The fourth-order valence-electron chi connectivity index (χ4n) is 1.63. The summed E-state index contributed by atoms with van der Waals surface area (Å²) in [5.74, 6) is -1.58. The van der Waals surface area contributed by atoms with Crippen LogP contribution in [0.3, 0.4) is 0 Å². The smallest absolute Gasteiger partial charge is 0.315 e. The molecule has 0 spiro atoms. The molecular weight excluding hydrogens is 251 g/mol. The molecule has 0 radical (unpaired) electrons. The molecule has 0 aliphatic carbocycles. The van der Waals surface area contributed by atoms with Gasteiger partial charge >= 0.3 is 5.69 Å². The number of ketones is 1. The van der Waals surface area contributed by atoms with Crippen LogP contribution in [0.5, 0.6) is 0 Å². The van der Waals surface area contributed by atoms with Crippen LogP contribution >= 0.6 is 0 Å². The van der Waals surface area contributed by atoms with Crippen LogP contribution in [-0.2, 0) is 0 Å². The lowest BCUT2D eigenvalue weighted by molar-refractivity contribution is -0.387. The first kappa shape index (κ1) is 14.5. The zero-order valence-electron chi connectivity index (χ0n) is 9.88. The van der Waals surface area contributed by atoms with Crippen molar-refractivity contribution in [3.8, 4) is 0 Å². The van der Waals surface area contributed by atoms with E-state index in [4.69, 9.17) is 0 Å². The Labute approximate surface area is 108 Å². The molecule has 0 heterocycles. The third-order valence-electron chi connectivity index (χ3n) is 2.45. The van der Waals surface area contributed by atoms with E-state index in [1.165, 1.54) is 24.3 Å². The molecule has 0 saturated carbocycles. The summed E-state index contributed by atoms with van der Waals surface area (Å²) in [7, 11) is 0. The van der Waals surface area contributed by atoms with Gasteiger partial charge in [0.2, 0.25) is 5.82 Å². The highest BCUT2D eigenvalue weighted by atomic mass is 19.1. The Hall–Kier alpha value is -2.60. The number of halogens is 1. The molecule has 2 rings (SSSR count). The predicted molar refractivity (Wildman–Crippen MR) is 68.0 cm³/mol. The molecule has 6 heteroatoms. The van der Waals surface area contributed by atoms with E-state index in [0.717, 1.165) is 6.07 Å². The van der Waals surface area contributed by atoms with E-state index >= 15 is 0 Å². The van der Waals surface area contributed by atoms with Crippen LogP contribution in [0.2, 0.25) is 0 Å².